The Kier molecular flexibility index (Phi) is 7.42. The fourth-order valence-electron chi connectivity index (χ4n) is 3.27. The summed E-state index contributed by atoms with van der Waals surface area (Å²) < 4.78 is 31.2. The van der Waals surface area contributed by atoms with E-state index in [0.717, 1.165) is 0 Å². The second kappa shape index (κ2) is 9.38. The van der Waals surface area contributed by atoms with Crippen molar-refractivity contribution in [1.29, 1.82) is 0 Å². The van der Waals surface area contributed by atoms with Gasteiger partial charge in [0, 0.05) is 33.7 Å². The minimum atomic E-state index is -3.55. The van der Waals surface area contributed by atoms with Gasteiger partial charge in [0.25, 0.3) is 0 Å². The number of aliphatic imine (C=N–C) groups is 1. The van der Waals surface area contributed by atoms with Gasteiger partial charge >= 0.3 is 5.97 Å². The van der Waals surface area contributed by atoms with Crippen molar-refractivity contribution in [2.24, 2.45) is 16.8 Å². The number of sulfonamides is 1. The maximum absolute atomic E-state index is 12.6. The van der Waals surface area contributed by atoms with Gasteiger partial charge in [0.05, 0.1) is 24.5 Å². The molecule has 156 valence electrons. The average molecular weight is 411 g/mol. The molecule has 0 spiro atoms. The molecule has 1 fully saturated rings. The lowest BCUT2D eigenvalue weighted by molar-refractivity contribution is -0.145. The Bertz CT molecular complexity index is 823. The number of esters is 1. The van der Waals surface area contributed by atoms with E-state index in [1.807, 2.05) is 18.7 Å². The summed E-state index contributed by atoms with van der Waals surface area (Å²) in [5.74, 6) is 0.402. The number of benzene rings is 1. The molecule has 8 nitrogen and oxygen atoms in total. The minimum Gasteiger partial charge on any atom is -0.469 e. The summed E-state index contributed by atoms with van der Waals surface area (Å²) in [6.45, 7) is 6.09. The summed E-state index contributed by atoms with van der Waals surface area (Å²) in [5, 5.41) is 3.24. The third-order valence-corrected chi connectivity index (χ3v) is 6.80. The van der Waals surface area contributed by atoms with E-state index >= 15 is 0 Å². The summed E-state index contributed by atoms with van der Waals surface area (Å²) >= 11 is 0. The monoisotopic (exact) mass is 410 g/mol. The van der Waals surface area contributed by atoms with E-state index in [2.05, 4.69) is 10.3 Å². The topological polar surface area (TPSA) is 91.3 Å². The predicted octanol–water partition coefficient (Wildman–Crippen LogP) is 1.14. The van der Waals surface area contributed by atoms with Crippen LogP contribution in [0.2, 0.25) is 0 Å². The van der Waals surface area contributed by atoms with Crippen LogP contribution >= 0.6 is 0 Å². The molecule has 0 radical (unpaired) electrons. The third-order valence-electron chi connectivity index (χ3n) is 4.88. The number of hydrogen-bond acceptors (Lipinski definition) is 5. The highest BCUT2D eigenvalue weighted by Crippen LogP contribution is 2.25. The van der Waals surface area contributed by atoms with Crippen LogP contribution in [0.1, 0.15) is 19.4 Å². The van der Waals surface area contributed by atoms with Crippen molar-refractivity contribution in [2.45, 2.75) is 25.3 Å². The molecule has 0 bridgehead atoms. The number of carbonyl (C=O) groups is 1. The van der Waals surface area contributed by atoms with Crippen LogP contribution in [0.25, 0.3) is 0 Å². The Morgan fingerprint density at radius 3 is 2.61 bits per heavy atom. The standard InChI is InChI=1S/C19H30N4O4S/c1-6-20-19(23-12-14(2)16(13-23)18(24)27-5)21-11-15-9-7-8-10-17(15)28(25,26)22(3)4/h7-10,14,16H,6,11-13H2,1-5H3,(H,20,21). The first kappa shape index (κ1) is 22.2. The lowest BCUT2D eigenvalue weighted by Gasteiger charge is -2.22. The molecule has 1 saturated heterocycles. The molecule has 9 heteroatoms. The van der Waals surface area contributed by atoms with Crippen LogP contribution in [-0.2, 0) is 26.1 Å². The lowest BCUT2D eigenvalue weighted by atomic mass is 9.99. The summed E-state index contributed by atoms with van der Waals surface area (Å²) in [6.07, 6.45) is 0. The van der Waals surface area contributed by atoms with Gasteiger partial charge in [-0.2, -0.15) is 0 Å². The van der Waals surface area contributed by atoms with Crippen molar-refractivity contribution in [3.05, 3.63) is 29.8 Å². The number of ether oxygens (including phenoxy) is 1. The number of guanidine groups is 1. The van der Waals surface area contributed by atoms with Crippen LogP contribution in [0.3, 0.4) is 0 Å². The van der Waals surface area contributed by atoms with Crippen molar-refractivity contribution >= 4 is 22.0 Å². The van der Waals surface area contributed by atoms with Gasteiger partial charge in [-0.25, -0.2) is 17.7 Å². The zero-order valence-electron chi connectivity index (χ0n) is 17.2. The van der Waals surface area contributed by atoms with E-state index < -0.39 is 10.0 Å². The van der Waals surface area contributed by atoms with Gasteiger partial charge in [0.1, 0.15) is 0 Å². The number of rotatable bonds is 6. The molecule has 0 aromatic heterocycles. The van der Waals surface area contributed by atoms with Crippen molar-refractivity contribution in [3.63, 3.8) is 0 Å². The predicted molar refractivity (Wildman–Crippen MR) is 108 cm³/mol. The molecule has 2 rings (SSSR count). The summed E-state index contributed by atoms with van der Waals surface area (Å²) in [5.41, 5.74) is 0.628. The maximum Gasteiger partial charge on any atom is 0.310 e. The Balaban J connectivity index is 2.27. The average Bonchev–Trinajstić information content (AvgIpc) is 3.06. The largest absolute Gasteiger partial charge is 0.469 e. The van der Waals surface area contributed by atoms with Crippen molar-refractivity contribution in [1.82, 2.24) is 14.5 Å². The number of carbonyl (C=O) groups excluding carboxylic acids is 1. The first-order valence-corrected chi connectivity index (χ1v) is 10.8. The van der Waals surface area contributed by atoms with Crippen LogP contribution in [-0.4, -0.2) is 70.4 Å². The molecule has 28 heavy (non-hydrogen) atoms. The molecular formula is C19H30N4O4S. The number of likely N-dealkylation sites (tertiary alicyclic amines) is 1. The maximum atomic E-state index is 12.6. The van der Waals surface area contributed by atoms with E-state index in [-0.39, 0.29) is 29.2 Å². The highest BCUT2D eigenvalue weighted by atomic mass is 32.2. The molecule has 0 amide bonds. The molecule has 1 heterocycles. The molecule has 0 saturated carbocycles. The van der Waals surface area contributed by atoms with Crippen LogP contribution in [0, 0.1) is 11.8 Å². The molecule has 1 aromatic carbocycles. The van der Waals surface area contributed by atoms with Gasteiger partial charge < -0.3 is 15.0 Å². The highest BCUT2D eigenvalue weighted by Gasteiger charge is 2.36. The van der Waals surface area contributed by atoms with Gasteiger partial charge in [0.2, 0.25) is 10.0 Å². The van der Waals surface area contributed by atoms with Crippen molar-refractivity contribution < 1.29 is 17.9 Å². The van der Waals surface area contributed by atoms with E-state index in [9.17, 15) is 13.2 Å². The van der Waals surface area contributed by atoms with E-state index in [0.29, 0.717) is 31.2 Å². The van der Waals surface area contributed by atoms with E-state index in [1.165, 1.54) is 25.5 Å². The SMILES string of the molecule is CCNC(=NCc1ccccc1S(=O)(=O)N(C)C)N1CC(C)C(C(=O)OC)C1. The van der Waals surface area contributed by atoms with E-state index in [1.54, 1.807) is 24.3 Å². The minimum absolute atomic E-state index is 0.151. The fourth-order valence-corrected chi connectivity index (χ4v) is 4.37. The fraction of sp³-hybridized carbons (Fsp3) is 0.579. The van der Waals surface area contributed by atoms with Gasteiger partial charge in [-0.15, -0.1) is 0 Å². The van der Waals surface area contributed by atoms with Crippen LogP contribution in [0.15, 0.2) is 34.2 Å². The Morgan fingerprint density at radius 2 is 2.00 bits per heavy atom. The summed E-state index contributed by atoms with van der Waals surface area (Å²) in [4.78, 5) is 18.9. The molecule has 2 unspecified atom stereocenters. The number of hydrogen-bond donors (Lipinski definition) is 1. The highest BCUT2D eigenvalue weighted by molar-refractivity contribution is 7.89. The van der Waals surface area contributed by atoms with E-state index in [4.69, 9.17) is 4.74 Å². The Morgan fingerprint density at radius 1 is 1.32 bits per heavy atom. The van der Waals surface area contributed by atoms with Gasteiger partial charge in [-0.1, -0.05) is 25.1 Å². The van der Waals surface area contributed by atoms with Crippen LogP contribution in [0.4, 0.5) is 0 Å². The summed E-state index contributed by atoms with van der Waals surface area (Å²) in [7, 11) is 0.876. The number of methoxy groups -OCH3 is 1. The molecule has 1 N–H and O–H groups in total. The first-order chi connectivity index (χ1) is 13.2. The quantitative estimate of drug-likeness (QED) is 0.430. The lowest BCUT2D eigenvalue weighted by Crippen LogP contribution is -2.40. The normalized spacial score (nSPS) is 20.5. The Hall–Kier alpha value is -2.13. The zero-order chi connectivity index (χ0) is 20.9. The Labute approximate surface area is 167 Å². The molecular weight excluding hydrogens is 380 g/mol. The smallest absolute Gasteiger partial charge is 0.310 e. The molecule has 1 aliphatic heterocycles. The third kappa shape index (κ3) is 4.82. The molecule has 0 aliphatic carbocycles. The van der Waals surface area contributed by atoms with Crippen molar-refractivity contribution in [3.8, 4) is 0 Å². The number of nitrogens with zero attached hydrogens (tertiary/aromatic N) is 3. The molecule has 2 atom stereocenters. The second-order valence-corrected chi connectivity index (χ2v) is 9.20. The van der Waals surface area contributed by atoms with Gasteiger partial charge in [0.15, 0.2) is 5.96 Å². The number of nitrogens with one attached hydrogen (secondary N) is 1. The summed E-state index contributed by atoms with van der Waals surface area (Å²) in [6, 6.07) is 6.88. The van der Waals surface area contributed by atoms with Crippen molar-refractivity contribution in [2.75, 3.05) is 40.8 Å². The molecule has 1 aliphatic rings. The van der Waals surface area contributed by atoms with Crippen LogP contribution in [0.5, 0.6) is 0 Å². The zero-order valence-corrected chi connectivity index (χ0v) is 18.0. The molecule has 1 aromatic rings. The first-order valence-electron chi connectivity index (χ1n) is 9.33. The second-order valence-electron chi connectivity index (χ2n) is 7.08. The van der Waals surface area contributed by atoms with Gasteiger partial charge in [-0.3, -0.25) is 4.79 Å². The van der Waals surface area contributed by atoms with Gasteiger partial charge in [-0.05, 0) is 24.5 Å². The van der Waals surface area contributed by atoms with Crippen LogP contribution < -0.4 is 5.32 Å².